The smallest absolute Gasteiger partial charge is 0.123 e. The normalized spacial score (nSPS) is 15.8. The number of fused-ring (bicyclic) bond motifs is 1. The van der Waals surface area contributed by atoms with E-state index in [1.807, 2.05) is 24.5 Å². The summed E-state index contributed by atoms with van der Waals surface area (Å²) in [4.78, 5) is 6.78. The number of pyridine rings is 1. The Morgan fingerprint density at radius 1 is 1.12 bits per heavy atom. The molecule has 1 fully saturated rings. The highest BCUT2D eigenvalue weighted by Gasteiger charge is 2.26. The van der Waals surface area contributed by atoms with Crippen molar-refractivity contribution in [1.82, 2.24) is 14.5 Å². The Hall–Kier alpha value is -2.24. The Labute approximate surface area is 140 Å². The van der Waals surface area contributed by atoms with Gasteiger partial charge < -0.3 is 9.30 Å². The summed E-state index contributed by atoms with van der Waals surface area (Å²) in [6.45, 7) is 3.56. The molecule has 1 aliphatic rings. The van der Waals surface area contributed by atoms with Gasteiger partial charge in [-0.25, -0.2) is 4.39 Å². The molecule has 3 aromatic rings. The van der Waals surface area contributed by atoms with Gasteiger partial charge in [-0.15, -0.1) is 0 Å². The van der Waals surface area contributed by atoms with E-state index >= 15 is 0 Å². The molecule has 4 nitrogen and oxygen atoms in total. The van der Waals surface area contributed by atoms with Gasteiger partial charge in [-0.05, 0) is 29.3 Å². The topological polar surface area (TPSA) is 30.3 Å². The zero-order valence-electron chi connectivity index (χ0n) is 13.7. The number of ether oxygens (including phenoxy) is 1. The van der Waals surface area contributed by atoms with Crippen molar-refractivity contribution in [3.05, 3.63) is 65.9 Å². The van der Waals surface area contributed by atoms with Gasteiger partial charge in [0.05, 0.1) is 17.8 Å². The molecule has 0 saturated carbocycles. The first kappa shape index (κ1) is 15.3. The highest BCUT2D eigenvalue weighted by atomic mass is 19.1. The third-order valence-electron chi connectivity index (χ3n) is 4.70. The van der Waals surface area contributed by atoms with Gasteiger partial charge in [-0.1, -0.05) is 12.1 Å². The third-order valence-corrected chi connectivity index (χ3v) is 4.70. The van der Waals surface area contributed by atoms with Crippen LogP contribution >= 0.6 is 0 Å². The van der Waals surface area contributed by atoms with Crippen LogP contribution in [0.3, 0.4) is 0 Å². The fourth-order valence-electron chi connectivity index (χ4n) is 3.26. The molecule has 1 aliphatic heterocycles. The van der Waals surface area contributed by atoms with Crippen molar-refractivity contribution < 1.29 is 9.13 Å². The molecule has 3 heterocycles. The lowest BCUT2D eigenvalue weighted by Gasteiger charge is -2.38. The number of aromatic nitrogens is 2. The molecule has 24 heavy (non-hydrogen) atoms. The van der Waals surface area contributed by atoms with Crippen molar-refractivity contribution >= 4 is 10.9 Å². The molecule has 1 saturated heterocycles. The lowest BCUT2D eigenvalue weighted by atomic mass is 10.1. The monoisotopic (exact) mass is 325 g/mol. The summed E-state index contributed by atoms with van der Waals surface area (Å²) in [6.07, 6.45) is 6.29. The van der Waals surface area contributed by atoms with E-state index in [9.17, 15) is 4.39 Å². The molecule has 0 radical (unpaired) electrons. The Morgan fingerprint density at radius 3 is 2.67 bits per heavy atom. The van der Waals surface area contributed by atoms with Crippen LogP contribution < -0.4 is 0 Å². The van der Waals surface area contributed by atoms with Crippen molar-refractivity contribution in [2.24, 2.45) is 0 Å². The van der Waals surface area contributed by atoms with E-state index in [2.05, 4.69) is 26.7 Å². The number of likely N-dealkylation sites (tertiary alicyclic amines) is 1. The molecule has 0 amide bonds. The summed E-state index contributed by atoms with van der Waals surface area (Å²) in [7, 11) is 1.76. The van der Waals surface area contributed by atoms with Crippen LogP contribution in [-0.4, -0.2) is 40.8 Å². The molecule has 0 aliphatic carbocycles. The van der Waals surface area contributed by atoms with Crippen LogP contribution in [0.2, 0.25) is 0 Å². The highest BCUT2D eigenvalue weighted by Crippen LogP contribution is 2.23. The van der Waals surface area contributed by atoms with Gasteiger partial charge in [0.1, 0.15) is 5.82 Å². The lowest BCUT2D eigenvalue weighted by Crippen LogP contribution is -2.50. The minimum absolute atomic E-state index is 0.205. The number of rotatable bonds is 5. The predicted molar refractivity (Wildman–Crippen MR) is 91.3 cm³/mol. The second-order valence-corrected chi connectivity index (χ2v) is 6.35. The zero-order valence-corrected chi connectivity index (χ0v) is 13.7. The van der Waals surface area contributed by atoms with Crippen molar-refractivity contribution in [3.8, 4) is 0 Å². The predicted octanol–water partition coefficient (Wildman–Crippen LogP) is 3.05. The summed E-state index contributed by atoms with van der Waals surface area (Å²) >= 11 is 0. The number of hydrogen-bond donors (Lipinski definition) is 0. The molecule has 0 bridgehead atoms. The molecule has 5 heteroatoms. The first-order chi connectivity index (χ1) is 11.7. The van der Waals surface area contributed by atoms with E-state index in [1.165, 1.54) is 23.1 Å². The van der Waals surface area contributed by atoms with E-state index in [0.717, 1.165) is 30.7 Å². The van der Waals surface area contributed by atoms with Gasteiger partial charge in [0.25, 0.3) is 0 Å². The average molecular weight is 325 g/mol. The van der Waals surface area contributed by atoms with E-state index in [4.69, 9.17) is 4.74 Å². The maximum absolute atomic E-state index is 13.1. The standard InChI is InChI=1S/C19H20FN3O/c1-24-17-12-22(13-17)11-15-8-21-9-19-18(15)6-7-23(19)10-14-2-4-16(20)5-3-14/h2-9,17H,10-13H2,1H3. The van der Waals surface area contributed by atoms with Crippen molar-refractivity contribution in [1.29, 1.82) is 0 Å². The molecule has 124 valence electrons. The Balaban J connectivity index is 1.56. The van der Waals surface area contributed by atoms with Crippen LogP contribution in [0, 0.1) is 5.82 Å². The van der Waals surface area contributed by atoms with Gasteiger partial charge >= 0.3 is 0 Å². The maximum Gasteiger partial charge on any atom is 0.123 e. The minimum Gasteiger partial charge on any atom is -0.379 e. The molecule has 0 N–H and O–H groups in total. The van der Waals surface area contributed by atoms with E-state index in [-0.39, 0.29) is 5.82 Å². The van der Waals surface area contributed by atoms with Crippen molar-refractivity contribution in [2.45, 2.75) is 19.2 Å². The minimum atomic E-state index is -0.205. The Morgan fingerprint density at radius 2 is 1.92 bits per heavy atom. The molecule has 2 aromatic heterocycles. The summed E-state index contributed by atoms with van der Waals surface area (Å²) in [5.74, 6) is -0.205. The summed E-state index contributed by atoms with van der Waals surface area (Å²) in [5, 5.41) is 1.23. The molecule has 1 aromatic carbocycles. The summed E-state index contributed by atoms with van der Waals surface area (Å²) < 4.78 is 20.5. The van der Waals surface area contributed by atoms with E-state index < -0.39 is 0 Å². The summed E-state index contributed by atoms with van der Waals surface area (Å²) in [6, 6.07) is 8.79. The fourth-order valence-corrected chi connectivity index (χ4v) is 3.26. The molecule has 0 spiro atoms. The van der Waals surface area contributed by atoms with Crippen LogP contribution in [0.25, 0.3) is 10.9 Å². The van der Waals surface area contributed by atoms with Gasteiger partial charge in [-0.2, -0.15) is 0 Å². The second kappa shape index (κ2) is 6.34. The van der Waals surface area contributed by atoms with Crippen LogP contribution in [0.15, 0.2) is 48.9 Å². The Bertz CT molecular complexity index is 837. The van der Waals surface area contributed by atoms with Gasteiger partial charge in [-0.3, -0.25) is 9.88 Å². The molecule has 4 rings (SSSR count). The van der Waals surface area contributed by atoms with Crippen molar-refractivity contribution in [3.63, 3.8) is 0 Å². The SMILES string of the molecule is COC1CN(Cc2cncc3c2ccn3Cc2ccc(F)cc2)C1. The van der Waals surface area contributed by atoms with Crippen LogP contribution in [0.4, 0.5) is 4.39 Å². The first-order valence-electron chi connectivity index (χ1n) is 8.14. The molecular formula is C19H20FN3O. The quantitative estimate of drug-likeness (QED) is 0.722. The zero-order chi connectivity index (χ0) is 16.5. The van der Waals surface area contributed by atoms with E-state index in [1.54, 1.807) is 7.11 Å². The third kappa shape index (κ3) is 2.92. The maximum atomic E-state index is 13.1. The summed E-state index contributed by atoms with van der Waals surface area (Å²) in [5.41, 5.74) is 3.42. The molecular weight excluding hydrogens is 305 g/mol. The molecule has 0 unspecified atom stereocenters. The number of nitrogens with zero attached hydrogens (tertiary/aromatic N) is 3. The van der Waals surface area contributed by atoms with Crippen molar-refractivity contribution in [2.75, 3.05) is 20.2 Å². The van der Waals surface area contributed by atoms with Crippen LogP contribution in [-0.2, 0) is 17.8 Å². The lowest BCUT2D eigenvalue weighted by molar-refractivity contribution is -0.0332. The highest BCUT2D eigenvalue weighted by molar-refractivity contribution is 5.82. The van der Waals surface area contributed by atoms with E-state index in [0.29, 0.717) is 12.6 Å². The van der Waals surface area contributed by atoms with Gasteiger partial charge in [0.2, 0.25) is 0 Å². The number of halogens is 1. The number of methoxy groups -OCH3 is 1. The Kier molecular flexibility index (Phi) is 4.04. The van der Waals surface area contributed by atoms with Crippen LogP contribution in [0.1, 0.15) is 11.1 Å². The first-order valence-corrected chi connectivity index (χ1v) is 8.14. The second-order valence-electron chi connectivity index (χ2n) is 6.35. The van der Waals surface area contributed by atoms with Gasteiger partial charge in [0.15, 0.2) is 0 Å². The fraction of sp³-hybridized carbons (Fsp3) is 0.316. The number of hydrogen-bond acceptors (Lipinski definition) is 3. The van der Waals surface area contributed by atoms with Gasteiger partial charge in [0, 0.05) is 51.1 Å². The average Bonchev–Trinajstić information content (AvgIpc) is 2.96. The number of benzene rings is 1. The van der Waals surface area contributed by atoms with Crippen LogP contribution in [0.5, 0.6) is 0 Å². The molecule has 0 atom stereocenters. The largest absolute Gasteiger partial charge is 0.379 e.